The first-order valence-electron chi connectivity index (χ1n) is 5.88. The van der Waals surface area contributed by atoms with E-state index >= 15 is 0 Å². The van der Waals surface area contributed by atoms with Crippen LogP contribution in [-0.2, 0) is 13.0 Å². The predicted octanol–water partition coefficient (Wildman–Crippen LogP) is 2.09. The minimum Gasteiger partial charge on any atom is -0.392 e. The first-order valence-corrected chi connectivity index (χ1v) is 5.88. The van der Waals surface area contributed by atoms with Gasteiger partial charge in [0.1, 0.15) is 0 Å². The van der Waals surface area contributed by atoms with Gasteiger partial charge in [0.2, 0.25) is 0 Å². The van der Waals surface area contributed by atoms with Crippen LogP contribution in [0.3, 0.4) is 0 Å². The number of aliphatic hydroxyl groups excluding tert-OH is 1. The van der Waals surface area contributed by atoms with Crippen LogP contribution in [0.4, 0.5) is 5.69 Å². The molecule has 1 N–H and O–H groups in total. The second kappa shape index (κ2) is 3.53. The van der Waals surface area contributed by atoms with Crippen LogP contribution < -0.4 is 4.90 Å². The Morgan fingerprint density at radius 3 is 2.87 bits per heavy atom. The summed E-state index contributed by atoms with van der Waals surface area (Å²) in [5.74, 6) is 0. The molecule has 0 bridgehead atoms. The van der Waals surface area contributed by atoms with Crippen LogP contribution in [0.1, 0.15) is 30.4 Å². The number of fused-ring (bicyclic) bond motifs is 1. The van der Waals surface area contributed by atoms with Crippen molar-refractivity contribution in [3.8, 4) is 0 Å². The molecule has 1 aliphatic heterocycles. The van der Waals surface area contributed by atoms with Crippen LogP contribution in [0.5, 0.6) is 0 Å². The Morgan fingerprint density at radius 1 is 1.33 bits per heavy atom. The fourth-order valence-corrected chi connectivity index (χ4v) is 2.76. The van der Waals surface area contributed by atoms with Crippen LogP contribution in [0.2, 0.25) is 0 Å². The summed E-state index contributed by atoms with van der Waals surface area (Å²) in [6, 6.07) is 7.07. The normalized spacial score (nSPS) is 20.2. The lowest BCUT2D eigenvalue weighted by Crippen LogP contribution is -2.39. The molecule has 2 aliphatic rings. The maximum absolute atomic E-state index is 9.37. The molecule has 0 saturated heterocycles. The summed E-state index contributed by atoms with van der Waals surface area (Å²) in [4.78, 5) is 2.52. The number of anilines is 1. The van der Waals surface area contributed by atoms with Gasteiger partial charge >= 0.3 is 0 Å². The van der Waals surface area contributed by atoms with Gasteiger partial charge in [-0.25, -0.2) is 0 Å². The van der Waals surface area contributed by atoms with Crippen molar-refractivity contribution in [2.45, 2.75) is 38.3 Å². The first kappa shape index (κ1) is 9.22. The van der Waals surface area contributed by atoms with Gasteiger partial charge in [-0.05, 0) is 31.2 Å². The Kier molecular flexibility index (Phi) is 2.17. The largest absolute Gasteiger partial charge is 0.392 e. The van der Waals surface area contributed by atoms with Gasteiger partial charge in [0.25, 0.3) is 0 Å². The monoisotopic (exact) mass is 203 g/mol. The van der Waals surface area contributed by atoms with E-state index in [2.05, 4.69) is 23.1 Å². The van der Waals surface area contributed by atoms with Crippen LogP contribution in [-0.4, -0.2) is 17.7 Å². The lowest BCUT2D eigenvalue weighted by molar-refractivity contribution is 0.281. The van der Waals surface area contributed by atoms with Crippen molar-refractivity contribution in [1.29, 1.82) is 0 Å². The molecule has 1 aliphatic carbocycles. The van der Waals surface area contributed by atoms with Crippen molar-refractivity contribution in [3.05, 3.63) is 29.3 Å². The fraction of sp³-hybridized carbons (Fsp3) is 0.538. The molecule has 0 radical (unpaired) electrons. The van der Waals surface area contributed by atoms with E-state index in [1.807, 2.05) is 0 Å². The van der Waals surface area contributed by atoms with Crippen molar-refractivity contribution in [2.24, 2.45) is 0 Å². The Bertz CT molecular complexity index is 371. The summed E-state index contributed by atoms with van der Waals surface area (Å²) in [5, 5.41) is 9.37. The molecular weight excluding hydrogens is 186 g/mol. The van der Waals surface area contributed by atoms with Gasteiger partial charge < -0.3 is 10.0 Å². The van der Waals surface area contributed by atoms with Crippen molar-refractivity contribution < 1.29 is 5.11 Å². The Balaban J connectivity index is 1.99. The highest BCUT2D eigenvalue weighted by molar-refractivity contribution is 5.64. The van der Waals surface area contributed by atoms with Crippen LogP contribution in [0, 0.1) is 0 Å². The molecule has 3 rings (SSSR count). The lowest BCUT2D eigenvalue weighted by atomic mass is 9.91. The van der Waals surface area contributed by atoms with E-state index in [4.69, 9.17) is 0 Å². The Hall–Kier alpha value is -1.02. The van der Waals surface area contributed by atoms with Crippen molar-refractivity contribution in [2.75, 3.05) is 11.4 Å². The van der Waals surface area contributed by atoms with Crippen molar-refractivity contribution in [1.82, 2.24) is 0 Å². The standard InChI is InChI=1S/C13H17NO/c15-9-11-4-1-3-10-7-8-14(13(10)11)12-5-2-6-12/h1,3-4,12,15H,2,5-9H2. The van der Waals surface area contributed by atoms with E-state index in [1.165, 1.54) is 30.5 Å². The van der Waals surface area contributed by atoms with Crippen LogP contribution in [0.15, 0.2) is 18.2 Å². The van der Waals surface area contributed by atoms with Gasteiger partial charge in [-0.15, -0.1) is 0 Å². The Labute approximate surface area is 90.5 Å². The predicted molar refractivity (Wildman–Crippen MR) is 61.1 cm³/mol. The number of hydrogen-bond acceptors (Lipinski definition) is 2. The zero-order valence-corrected chi connectivity index (χ0v) is 8.95. The van der Waals surface area contributed by atoms with Gasteiger partial charge in [-0.2, -0.15) is 0 Å². The average molecular weight is 203 g/mol. The molecule has 0 unspecified atom stereocenters. The fourth-order valence-electron chi connectivity index (χ4n) is 2.76. The molecule has 15 heavy (non-hydrogen) atoms. The zero-order valence-electron chi connectivity index (χ0n) is 8.95. The van der Waals surface area contributed by atoms with Crippen LogP contribution in [0.25, 0.3) is 0 Å². The quantitative estimate of drug-likeness (QED) is 0.795. The molecule has 0 spiro atoms. The highest BCUT2D eigenvalue weighted by atomic mass is 16.3. The second-order valence-electron chi connectivity index (χ2n) is 4.61. The highest BCUT2D eigenvalue weighted by Gasteiger charge is 2.31. The summed E-state index contributed by atoms with van der Waals surface area (Å²) in [7, 11) is 0. The summed E-state index contributed by atoms with van der Waals surface area (Å²) >= 11 is 0. The molecule has 1 heterocycles. The number of para-hydroxylation sites is 1. The molecule has 2 heteroatoms. The first-order chi connectivity index (χ1) is 7.40. The third-order valence-electron chi connectivity index (χ3n) is 3.80. The molecule has 1 fully saturated rings. The maximum Gasteiger partial charge on any atom is 0.0702 e. The second-order valence-corrected chi connectivity index (χ2v) is 4.61. The minimum atomic E-state index is 0.173. The molecule has 0 atom stereocenters. The van der Waals surface area contributed by atoms with E-state index in [9.17, 15) is 5.11 Å². The molecule has 0 aromatic heterocycles. The average Bonchev–Trinajstić information content (AvgIpc) is 2.59. The summed E-state index contributed by atoms with van der Waals surface area (Å²) in [5.41, 5.74) is 3.87. The third kappa shape index (κ3) is 1.36. The number of rotatable bonds is 2. The lowest BCUT2D eigenvalue weighted by Gasteiger charge is -2.37. The van der Waals surface area contributed by atoms with E-state index in [0.717, 1.165) is 24.6 Å². The number of aliphatic hydroxyl groups is 1. The Morgan fingerprint density at radius 2 is 2.20 bits per heavy atom. The highest BCUT2D eigenvalue weighted by Crippen LogP contribution is 2.38. The summed E-state index contributed by atoms with van der Waals surface area (Å²) in [6.45, 7) is 1.32. The molecule has 1 aromatic rings. The number of hydrogen-bond donors (Lipinski definition) is 1. The molecular formula is C13H17NO. The molecule has 0 amide bonds. The molecule has 2 nitrogen and oxygen atoms in total. The van der Waals surface area contributed by atoms with Gasteiger partial charge in [0, 0.05) is 23.8 Å². The molecule has 1 saturated carbocycles. The number of benzene rings is 1. The van der Waals surface area contributed by atoms with E-state index in [1.54, 1.807) is 0 Å². The van der Waals surface area contributed by atoms with Gasteiger partial charge in [-0.1, -0.05) is 18.2 Å². The smallest absolute Gasteiger partial charge is 0.0702 e. The molecule has 1 aromatic carbocycles. The van der Waals surface area contributed by atoms with Gasteiger partial charge in [0.05, 0.1) is 6.61 Å². The number of nitrogens with zero attached hydrogens (tertiary/aromatic N) is 1. The van der Waals surface area contributed by atoms with Gasteiger partial charge in [0.15, 0.2) is 0 Å². The van der Waals surface area contributed by atoms with Crippen molar-refractivity contribution in [3.63, 3.8) is 0 Å². The topological polar surface area (TPSA) is 23.5 Å². The van der Waals surface area contributed by atoms with Crippen LogP contribution >= 0.6 is 0 Å². The zero-order chi connectivity index (χ0) is 10.3. The molecule has 80 valence electrons. The van der Waals surface area contributed by atoms with E-state index < -0.39 is 0 Å². The SMILES string of the molecule is OCc1cccc2c1N(C1CCC1)CC2. The van der Waals surface area contributed by atoms with Crippen molar-refractivity contribution >= 4 is 5.69 Å². The summed E-state index contributed by atoms with van der Waals surface area (Å²) < 4.78 is 0. The summed E-state index contributed by atoms with van der Waals surface area (Å²) in [6.07, 6.45) is 5.19. The van der Waals surface area contributed by atoms with Gasteiger partial charge in [-0.3, -0.25) is 0 Å². The minimum absolute atomic E-state index is 0.173. The van der Waals surface area contributed by atoms with E-state index in [-0.39, 0.29) is 6.61 Å². The third-order valence-corrected chi connectivity index (χ3v) is 3.80. The van der Waals surface area contributed by atoms with E-state index in [0.29, 0.717) is 0 Å². The maximum atomic E-state index is 9.37.